The second-order valence-corrected chi connectivity index (χ2v) is 9.92. The third kappa shape index (κ3) is 4.95. The fourth-order valence-corrected chi connectivity index (χ4v) is 5.37. The van der Waals surface area contributed by atoms with Gasteiger partial charge in [-0.2, -0.15) is 5.10 Å². The average Bonchev–Trinajstić information content (AvgIpc) is 3.44. The summed E-state index contributed by atoms with van der Waals surface area (Å²) < 4.78 is 29.8. The number of hydrogen-bond acceptors (Lipinski definition) is 5. The van der Waals surface area contributed by atoms with Gasteiger partial charge in [-0.15, -0.1) is 0 Å². The van der Waals surface area contributed by atoms with E-state index in [2.05, 4.69) is 10.1 Å². The summed E-state index contributed by atoms with van der Waals surface area (Å²) >= 11 is 0. The molecular weight excluding hydrogens is 462 g/mol. The van der Waals surface area contributed by atoms with E-state index in [1.54, 1.807) is 66.3 Å². The van der Waals surface area contributed by atoms with Crippen molar-refractivity contribution in [2.45, 2.75) is 24.8 Å². The molecule has 1 atom stereocenters. The molecule has 0 bridgehead atoms. The van der Waals surface area contributed by atoms with Crippen molar-refractivity contribution >= 4 is 21.6 Å². The third-order valence-corrected chi connectivity index (χ3v) is 7.86. The third-order valence-electron chi connectivity index (χ3n) is 5.96. The first-order chi connectivity index (χ1) is 16.8. The number of para-hydroxylation sites is 1. The highest BCUT2D eigenvalue weighted by Crippen LogP contribution is 2.26. The van der Waals surface area contributed by atoms with Crippen molar-refractivity contribution in [3.8, 4) is 5.69 Å². The molecule has 0 aliphatic rings. The molecule has 0 saturated carbocycles. The normalized spacial score (nSPS) is 12.2. The van der Waals surface area contributed by atoms with E-state index in [1.807, 2.05) is 37.3 Å². The van der Waals surface area contributed by atoms with Gasteiger partial charge in [0.25, 0.3) is 15.9 Å². The van der Waals surface area contributed by atoms with Gasteiger partial charge in [0.1, 0.15) is 12.7 Å². The Bertz CT molecular complexity index is 1390. The lowest BCUT2D eigenvalue weighted by molar-refractivity contribution is 0.0742. The van der Waals surface area contributed by atoms with Crippen LogP contribution in [0.5, 0.6) is 0 Å². The Balaban J connectivity index is 1.56. The number of amides is 1. The van der Waals surface area contributed by atoms with Gasteiger partial charge in [0.05, 0.1) is 22.3 Å². The first kappa shape index (κ1) is 24.2. The predicted molar refractivity (Wildman–Crippen MR) is 135 cm³/mol. The van der Waals surface area contributed by atoms with Crippen molar-refractivity contribution in [3.05, 3.63) is 103 Å². The fraction of sp³-hybridized carbons (Fsp3) is 0.192. The lowest BCUT2D eigenvalue weighted by Gasteiger charge is -2.26. The molecule has 0 aliphatic heterocycles. The first-order valence-corrected chi connectivity index (χ1v) is 12.7. The van der Waals surface area contributed by atoms with E-state index in [1.165, 1.54) is 22.8 Å². The van der Waals surface area contributed by atoms with Crippen LogP contribution in [0.4, 0.5) is 5.69 Å². The topological polar surface area (TPSA) is 88.4 Å². The standard InChI is InChI=1S/C26H27N5O3S/c1-4-31(24-10-6-5-7-11-24)35(33,34)25-12-8-9-22(17-25)26(32)29(3)20(2)21-13-15-23(16-14-21)30-19-27-18-28-30/h5-20H,4H2,1-3H3. The summed E-state index contributed by atoms with van der Waals surface area (Å²) in [6.07, 6.45) is 3.09. The molecule has 0 fully saturated rings. The van der Waals surface area contributed by atoms with E-state index in [4.69, 9.17) is 0 Å². The van der Waals surface area contributed by atoms with Crippen LogP contribution in [-0.4, -0.2) is 47.6 Å². The molecule has 9 heteroatoms. The van der Waals surface area contributed by atoms with Gasteiger partial charge < -0.3 is 4.90 Å². The van der Waals surface area contributed by atoms with Gasteiger partial charge in [-0.05, 0) is 61.9 Å². The molecule has 1 heterocycles. The maximum Gasteiger partial charge on any atom is 0.264 e. The van der Waals surface area contributed by atoms with Crippen LogP contribution in [0.15, 0.2) is 96.4 Å². The molecule has 0 N–H and O–H groups in total. The van der Waals surface area contributed by atoms with Gasteiger partial charge in [-0.3, -0.25) is 9.10 Å². The summed E-state index contributed by atoms with van der Waals surface area (Å²) in [6.45, 7) is 3.98. The number of nitrogens with zero attached hydrogens (tertiary/aromatic N) is 5. The molecular formula is C26H27N5O3S. The molecule has 1 aromatic heterocycles. The SMILES string of the molecule is CCN(c1ccccc1)S(=O)(=O)c1cccc(C(=O)N(C)C(C)c2ccc(-n3cncn3)cc2)c1. The molecule has 180 valence electrons. The van der Waals surface area contributed by atoms with Gasteiger partial charge in [-0.25, -0.2) is 18.1 Å². The van der Waals surface area contributed by atoms with Gasteiger partial charge in [-0.1, -0.05) is 36.4 Å². The summed E-state index contributed by atoms with van der Waals surface area (Å²) in [6, 6.07) is 22.6. The highest BCUT2D eigenvalue weighted by molar-refractivity contribution is 7.92. The van der Waals surface area contributed by atoms with Crippen LogP contribution in [-0.2, 0) is 10.0 Å². The van der Waals surface area contributed by atoms with Gasteiger partial charge >= 0.3 is 0 Å². The molecule has 1 amide bonds. The maximum absolute atomic E-state index is 13.4. The predicted octanol–water partition coefficient (Wildman–Crippen LogP) is 4.32. The Labute approximate surface area is 205 Å². The fourth-order valence-electron chi connectivity index (χ4n) is 3.85. The molecule has 1 unspecified atom stereocenters. The Kier molecular flexibility index (Phi) is 6.97. The first-order valence-electron chi connectivity index (χ1n) is 11.2. The molecule has 0 radical (unpaired) electrons. The van der Waals surface area contributed by atoms with E-state index in [0.717, 1.165) is 11.3 Å². The maximum atomic E-state index is 13.4. The van der Waals surface area contributed by atoms with Crippen molar-refractivity contribution in [3.63, 3.8) is 0 Å². The second-order valence-electron chi connectivity index (χ2n) is 8.06. The molecule has 0 spiro atoms. The van der Waals surface area contributed by atoms with Crippen molar-refractivity contribution in [1.82, 2.24) is 19.7 Å². The van der Waals surface area contributed by atoms with Gasteiger partial charge in [0.15, 0.2) is 0 Å². The Morgan fingerprint density at radius 2 is 1.71 bits per heavy atom. The zero-order valence-corrected chi connectivity index (χ0v) is 20.6. The van der Waals surface area contributed by atoms with Crippen molar-refractivity contribution in [2.75, 3.05) is 17.9 Å². The minimum atomic E-state index is -3.84. The van der Waals surface area contributed by atoms with Crippen LogP contribution in [0.25, 0.3) is 5.69 Å². The number of carbonyl (C=O) groups is 1. The zero-order valence-electron chi connectivity index (χ0n) is 19.8. The van der Waals surface area contributed by atoms with Gasteiger partial charge in [0.2, 0.25) is 0 Å². The van der Waals surface area contributed by atoms with E-state index in [-0.39, 0.29) is 23.4 Å². The number of carbonyl (C=O) groups excluding carboxylic acids is 1. The largest absolute Gasteiger partial charge is 0.335 e. The van der Waals surface area contributed by atoms with Crippen molar-refractivity contribution in [1.29, 1.82) is 0 Å². The highest BCUT2D eigenvalue weighted by atomic mass is 32.2. The summed E-state index contributed by atoms with van der Waals surface area (Å²) in [5.41, 5.74) is 2.69. The van der Waals surface area contributed by atoms with E-state index < -0.39 is 10.0 Å². The zero-order chi connectivity index (χ0) is 25.0. The number of rotatable bonds is 8. The molecule has 4 rings (SSSR count). The molecule has 3 aromatic carbocycles. The van der Waals surface area contributed by atoms with Crippen molar-refractivity contribution < 1.29 is 13.2 Å². The van der Waals surface area contributed by atoms with Crippen LogP contribution in [0.1, 0.15) is 35.8 Å². The Morgan fingerprint density at radius 1 is 1.00 bits per heavy atom. The quantitative estimate of drug-likeness (QED) is 0.368. The summed E-state index contributed by atoms with van der Waals surface area (Å²) in [5, 5.41) is 4.12. The lowest BCUT2D eigenvalue weighted by Crippen LogP contribution is -2.32. The summed E-state index contributed by atoms with van der Waals surface area (Å²) in [5.74, 6) is -0.266. The Hall–Kier alpha value is -3.98. The van der Waals surface area contributed by atoms with Crippen LogP contribution >= 0.6 is 0 Å². The van der Waals surface area contributed by atoms with Crippen LogP contribution < -0.4 is 4.31 Å². The summed E-state index contributed by atoms with van der Waals surface area (Å²) in [7, 11) is -2.13. The van der Waals surface area contributed by atoms with E-state index in [0.29, 0.717) is 11.3 Å². The number of sulfonamides is 1. The molecule has 0 saturated heterocycles. The minimum absolute atomic E-state index is 0.0762. The minimum Gasteiger partial charge on any atom is -0.335 e. The highest BCUT2D eigenvalue weighted by Gasteiger charge is 2.26. The monoisotopic (exact) mass is 489 g/mol. The molecule has 8 nitrogen and oxygen atoms in total. The van der Waals surface area contributed by atoms with Crippen molar-refractivity contribution in [2.24, 2.45) is 0 Å². The number of aromatic nitrogens is 3. The molecule has 35 heavy (non-hydrogen) atoms. The summed E-state index contributed by atoms with van der Waals surface area (Å²) in [4.78, 5) is 18.9. The molecule has 4 aromatic rings. The Morgan fingerprint density at radius 3 is 2.34 bits per heavy atom. The van der Waals surface area contributed by atoms with E-state index in [9.17, 15) is 13.2 Å². The van der Waals surface area contributed by atoms with Gasteiger partial charge in [0, 0.05) is 19.2 Å². The second kappa shape index (κ2) is 10.1. The van der Waals surface area contributed by atoms with Crippen LogP contribution in [0, 0.1) is 0 Å². The smallest absolute Gasteiger partial charge is 0.264 e. The van der Waals surface area contributed by atoms with Crippen LogP contribution in [0.3, 0.4) is 0 Å². The average molecular weight is 490 g/mol. The van der Waals surface area contributed by atoms with E-state index >= 15 is 0 Å². The lowest BCUT2D eigenvalue weighted by atomic mass is 10.1. The number of benzene rings is 3. The number of hydrogen-bond donors (Lipinski definition) is 0. The number of anilines is 1. The molecule has 0 aliphatic carbocycles. The van der Waals surface area contributed by atoms with Crippen LogP contribution in [0.2, 0.25) is 0 Å².